The summed E-state index contributed by atoms with van der Waals surface area (Å²) in [5.41, 5.74) is 0. The number of ether oxygens (including phenoxy) is 2. The fourth-order valence-corrected chi connectivity index (χ4v) is 6.02. The van der Waals surface area contributed by atoms with E-state index in [1.54, 1.807) is 6.26 Å². The van der Waals surface area contributed by atoms with E-state index in [0.717, 1.165) is 32.1 Å². The lowest BCUT2D eigenvalue weighted by Crippen LogP contribution is -2.37. The van der Waals surface area contributed by atoms with E-state index >= 15 is 0 Å². The maximum Gasteiger partial charge on any atom is 0.305 e. The molecule has 0 amide bonds. The average molecular weight is 690 g/mol. The van der Waals surface area contributed by atoms with Crippen LogP contribution in [0.15, 0.2) is 12.3 Å². The van der Waals surface area contributed by atoms with Crippen molar-refractivity contribution in [3.8, 4) is 0 Å². The van der Waals surface area contributed by atoms with Gasteiger partial charge in [0.2, 0.25) is 0 Å². The van der Waals surface area contributed by atoms with Gasteiger partial charge in [-0.2, -0.15) is 0 Å². The number of unbranched alkanes of at least 4 members (excludes halogenated alkanes) is 22. The van der Waals surface area contributed by atoms with Gasteiger partial charge in [-0.1, -0.05) is 149 Å². The lowest BCUT2D eigenvalue weighted by molar-refractivity contribution is -0.870. The summed E-state index contributed by atoms with van der Waals surface area (Å²) in [7, 11) is 1.37. The fraction of sp³-hybridized carbons (Fsp3) is 0.921. The van der Waals surface area contributed by atoms with E-state index < -0.39 is 13.9 Å². The number of hydrogen-bond donors (Lipinski definition) is 0. The van der Waals surface area contributed by atoms with Crippen molar-refractivity contribution in [3.05, 3.63) is 12.3 Å². The maximum absolute atomic E-state index is 12.4. The Hall–Kier alpha value is -0.920. The molecule has 47 heavy (non-hydrogen) atoms. The Kier molecular flexibility index (Phi) is 31.7. The summed E-state index contributed by atoms with van der Waals surface area (Å²) in [4.78, 5) is 24.7. The number of carbonyl (C=O) groups is 1. The molecule has 0 heterocycles. The molecule has 0 bridgehead atoms. The van der Waals surface area contributed by atoms with Gasteiger partial charge in [0.1, 0.15) is 19.8 Å². The second kappa shape index (κ2) is 32.3. The number of allylic oxidation sites excluding steroid dienone is 1. The fourth-order valence-electron chi connectivity index (χ4n) is 5.29. The van der Waals surface area contributed by atoms with Crippen molar-refractivity contribution in [1.29, 1.82) is 0 Å². The van der Waals surface area contributed by atoms with Crippen LogP contribution >= 0.6 is 7.82 Å². The third-order valence-corrected chi connectivity index (χ3v) is 9.40. The van der Waals surface area contributed by atoms with E-state index in [2.05, 4.69) is 13.8 Å². The second-order valence-electron chi connectivity index (χ2n) is 14.4. The maximum atomic E-state index is 12.4. The lowest BCUT2D eigenvalue weighted by atomic mass is 10.0. The molecule has 2 unspecified atom stereocenters. The van der Waals surface area contributed by atoms with Crippen LogP contribution in [0.3, 0.4) is 0 Å². The van der Waals surface area contributed by atoms with Crippen molar-refractivity contribution < 1.29 is 37.3 Å². The van der Waals surface area contributed by atoms with Crippen LogP contribution in [0, 0.1) is 0 Å². The first-order chi connectivity index (χ1) is 22.6. The van der Waals surface area contributed by atoms with Gasteiger partial charge in [-0.25, -0.2) is 0 Å². The number of esters is 1. The van der Waals surface area contributed by atoms with Gasteiger partial charge in [0.05, 0.1) is 34.0 Å². The van der Waals surface area contributed by atoms with Gasteiger partial charge in [-0.15, -0.1) is 0 Å². The minimum atomic E-state index is -4.50. The molecular weight excluding hydrogens is 613 g/mol. The molecule has 0 fully saturated rings. The van der Waals surface area contributed by atoms with E-state index in [9.17, 15) is 14.3 Å². The van der Waals surface area contributed by atoms with Crippen molar-refractivity contribution in [3.63, 3.8) is 0 Å². The first-order valence-electron chi connectivity index (χ1n) is 19.5. The number of quaternary nitrogens is 1. The molecule has 0 spiro atoms. The highest BCUT2D eigenvalue weighted by atomic mass is 31.2. The monoisotopic (exact) mass is 690 g/mol. The zero-order valence-corrected chi connectivity index (χ0v) is 32.4. The predicted molar refractivity (Wildman–Crippen MR) is 194 cm³/mol. The molecule has 2 atom stereocenters. The van der Waals surface area contributed by atoms with Crippen molar-refractivity contribution >= 4 is 13.8 Å². The minimum absolute atomic E-state index is 0.0305. The molecule has 0 aliphatic heterocycles. The summed E-state index contributed by atoms with van der Waals surface area (Å²) in [6.07, 6.45) is 33.1. The molecule has 0 N–H and O–H groups in total. The lowest BCUT2D eigenvalue weighted by Gasteiger charge is -2.28. The average Bonchev–Trinajstić information content (AvgIpc) is 3.01. The highest BCUT2D eigenvalue weighted by Crippen LogP contribution is 2.38. The molecule has 0 aliphatic rings. The molecule has 0 rings (SSSR count). The third kappa shape index (κ3) is 36.2. The largest absolute Gasteiger partial charge is 0.756 e. The number of rotatable bonds is 36. The topological polar surface area (TPSA) is 94.1 Å². The molecule has 0 radical (unpaired) electrons. The highest BCUT2D eigenvalue weighted by molar-refractivity contribution is 7.45. The zero-order valence-electron chi connectivity index (χ0n) is 31.5. The normalized spacial score (nSPS) is 14.0. The summed E-state index contributed by atoms with van der Waals surface area (Å²) in [5, 5.41) is 0. The van der Waals surface area contributed by atoms with E-state index in [1.165, 1.54) is 122 Å². The Morgan fingerprint density at radius 1 is 0.660 bits per heavy atom. The first kappa shape index (κ1) is 46.1. The SMILES string of the molecule is CCCCCCCCCCCCCC/C=C\OC(COC(=O)CCCCCCCCCCCCC)COP(=O)([O-])OCC[N+](C)(C)C. The van der Waals surface area contributed by atoms with Gasteiger partial charge in [0, 0.05) is 6.42 Å². The molecule has 0 saturated carbocycles. The summed E-state index contributed by atoms with van der Waals surface area (Å²) in [5.74, 6) is -0.292. The van der Waals surface area contributed by atoms with E-state index in [1.807, 2.05) is 27.2 Å². The first-order valence-corrected chi connectivity index (χ1v) is 20.9. The zero-order chi connectivity index (χ0) is 34.9. The Morgan fingerprint density at radius 2 is 1.11 bits per heavy atom. The van der Waals surface area contributed by atoms with Gasteiger partial charge in [-0.05, 0) is 25.3 Å². The predicted octanol–water partition coefficient (Wildman–Crippen LogP) is 10.4. The van der Waals surface area contributed by atoms with E-state index in [4.69, 9.17) is 18.5 Å². The van der Waals surface area contributed by atoms with Crippen LogP contribution in [-0.2, 0) is 27.9 Å². The smallest absolute Gasteiger partial charge is 0.305 e. The van der Waals surface area contributed by atoms with Crippen LogP contribution in [0.2, 0.25) is 0 Å². The Bertz CT molecular complexity index is 772. The molecule has 0 aromatic rings. The van der Waals surface area contributed by atoms with Gasteiger partial charge in [-0.3, -0.25) is 9.36 Å². The molecule has 280 valence electrons. The summed E-state index contributed by atoms with van der Waals surface area (Å²) in [6.45, 7) is 4.71. The Balaban J connectivity index is 4.33. The molecule has 0 aromatic heterocycles. The number of phosphoric ester groups is 1. The number of hydrogen-bond acceptors (Lipinski definition) is 7. The van der Waals surface area contributed by atoms with Crippen molar-refractivity contribution in [1.82, 2.24) is 0 Å². The second-order valence-corrected chi connectivity index (χ2v) is 15.8. The molecular formula is C38H76NO7P. The molecule has 0 aliphatic carbocycles. The standard InChI is InChI=1S/C38H76NO7P/c1-6-8-10-12-14-16-18-19-20-22-24-26-28-30-33-43-37(36-46-47(41,42)45-34-32-39(3,4)5)35-44-38(40)31-29-27-25-23-21-17-15-13-11-9-7-2/h30,33,37H,6-29,31-32,34-36H2,1-5H3/b33-30-. The Morgan fingerprint density at radius 3 is 1.57 bits per heavy atom. The summed E-state index contributed by atoms with van der Waals surface area (Å²) in [6, 6.07) is 0. The van der Waals surface area contributed by atoms with Crippen LogP contribution < -0.4 is 4.89 Å². The molecule has 0 saturated heterocycles. The van der Waals surface area contributed by atoms with E-state index in [0.29, 0.717) is 17.4 Å². The van der Waals surface area contributed by atoms with Crippen molar-refractivity contribution in [2.24, 2.45) is 0 Å². The number of carbonyl (C=O) groups excluding carboxylic acids is 1. The number of phosphoric acid groups is 1. The van der Waals surface area contributed by atoms with Crippen LogP contribution in [0.25, 0.3) is 0 Å². The van der Waals surface area contributed by atoms with Gasteiger partial charge in [0.15, 0.2) is 6.10 Å². The quantitative estimate of drug-likeness (QED) is 0.0212. The van der Waals surface area contributed by atoms with Crippen LogP contribution in [0.5, 0.6) is 0 Å². The Labute approximate surface area is 290 Å². The van der Waals surface area contributed by atoms with Crippen molar-refractivity contribution in [2.75, 3.05) is 47.5 Å². The molecule has 9 heteroatoms. The van der Waals surface area contributed by atoms with E-state index in [-0.39, 0.29) is 25.8 Å². The van der Waals surface area contributed by atoms with Crippen LogP contribution in [0.1, 0.15) is 174 Å². The van der Waals surface area contributed by atoms with Gasteiger partial charge >= 0.3 is 5.97 Å². The molecule has 0 aromatic carbocycles. The van der Waals surface area contributed by atoms with Crippen LogP contribution in [0.4, 0.5) is 0 Å². The highest BCUT2D eigenvalue weighted by Gasteiger charge is 2.19. The summed E-state index contributed by atoms with van der Waals surface area (Å²) >= 11 is 0. The van der Waals surface area contributed by atoms with Crippen molar-refractivity contribution in [2.45, 2.75) is 180 Å². The summed E-state index contributed by atoms with van der Waals surface area (Å²) < 4.78 is 34.2. The van der Waals surface area contributed by atoms with Crippen LogP contribution in [-0.4, -0.2) is 64.1 Å². The van der Waals surface area contributed by atoms with Gasteiger partial charge in [0.25, 0.3) is 7.82 Å². The number of likely N-dealkylation sites (N-methyl/N-ethyl adjacent to an activating group) is 1. The number of nitrogens with zero attached hydrogens (tertiary/aromatic N) is 1. The van der Waals surface area contributed by atoms with Gasteiger partial charge < -0.3 is 27.9 Å². The third-order valence-electron chi connectivity index (χ3n) is 8.44. The molecule has 8 nitrogen and oxygen atoms in total. The minimum Gasteiger partial charge on any atom is -0.756 e.